The normalized spacial score (nSPS) is 11.1. The zero-order valence-electron chi connectivity index (χ0n) is 17.4. The Hall–Kier alpha value is -3.03. The molecule has 0 bridgehead atoms. The first-order valence-electron chi connectivity index (χ1n) is 9.51. The predicted octanol–water partition coefficient (Wildman–Crippen LogP) is 4.80. The third-order valence-electron chi connectivity index (χ3n) is 4.71. The molecule has 0 spiro atoms. The second-order valence-electron chi connectivity index (χ2n) is 7.08. The van der Waals surface area contributed by atoms with Gasteiger partial charge >= 0.3 is 0 Å². The van der Waals surface area contributed by atoms with Crippen molar-refractivity contribution in [1.29, 1.82) is 0 Å². The maximum Gasteiger partial charge on any atom is 0.264 e. The number of halogens is 1. The molecule has 3 aromatic carbocycles. The van der Waals surface area contributed by atoms with Crippen LogP contribution >= 0.6 is 11.6 Å². The van der Waals surface area contributed by atoms with E-state index in [0.717, 1.165) is 11.1 Å². The Morgan fingerprint density at radius 2 is 1.65 bits per heavy atom. The number of benzene rings is 3. The van der Waals surface area contributed by atoms with Crippen molar-refractivity contribution in [2.75, 3.05) is 23.3 Å². The first-order chi connectivity index (χ1) is 14.7. The zero-order valence-corrected chi connectivity index (χ0v) is 19.0. The minimum absolute atomic E-state index is 0.192. The van der Waals surface area contributed by atoms with Gasteiger partial charge in [-0.15, -0.1) is 0 Å². The largest absolute Gasteiger partial charge is 0.484 e. The van der Waals surface area contributed by atoms with Gasteiger partial charge in [0.25, 0.3) is 15.9 Å². The smallest absolute Gasteiger partial charge is 0.264 e. The van der Waals surface area contributed by atoms with Crippen molar-refractivity contribution in [3.05, 3.63) is 82.9 Å². The molecule has 0 aromatic heterocycles. The lowest BCUT2D eigenvalue weighted by atomic mass is 10.2. The van der Waals surface area contributed by atoms with Gasteiger partial charge in [-0.2, -0.15) is 0 Å². The number of amides is 1. The summed E-state index contributed by atoms with van der Waals surface area (Å²) in [5.41, 5.74) is 2.97. The summed E-state index contributed by atoms with van der Waals surface area (Å²) in [7, 11) is -2.18. The molecular formula is C23H23ClN2O4S. The average molecular weight is 459 g/mol. The standard InChI is InChI=1S/C23H23ClN2O4S/c1-16-4-12-21(13-5-16)31(28,29)26(3)19-8-10-20(11-9-19)30-15-23(27)25-18-7-6-17(2)22(24)14-18/h4-14H,15H2,1-3H3,(H,25,27). The van der Waals surface area contributed by atoms with E-state index < -0.39 is 10.0 Å². The summed E-state index contributed by atoms with van der Waals surface area (Å²) >= 11 is 6.06. The van der Waals surface area contributed by atoms with Crippen LogP contribution in [0.4, 0.5) is 11.4 Å². The van der Waals surface area contributed by atoms with E-state index in [4.69, 9.17) is 16.3 Å². The molecule has 3 aromatic rings. The van der Waals surface area contributed by atoms with Crippen LogP contribution < -0.4 is 14.4 Å². The van der Waals surface area contributed by atoms with Crippen LogP contribution in [0.15, 0.2) is 71.6 Å². The summed E-state index contributed by atoms with van der Waals surface area (Å²) in [6.07, 6.45) is 0. The molecule has 1 amide bonds. The summed E-state index contributed by atoms with van der Waals surface area (Å²) in [6, 6.07) is 18.4. The molecule has 0 aliphatic rings. The number of anilines is 2. The Bertz CT molecular complexity index is 1180. The van der Waals surface area contributed by atoms with Gasteiger partial charge in [0.1, 0.15) is 5.75 Å². The highest BCUT2D eigenvalue weighted by atomic mass is 35.5. The third kappa shape index (κ3) is 5.57. The van der Waals surface area contributed by atoms with Gasteiger partial charge in [-0.05, 0) is 67.9 Å². The van der Waals surface area contributed by atoms with Gasteiger partial charge in [0, 0.05) is 17.8 Å². The van der Waals surface area contributed by atoms with Crippen LogP contribution in [0.25, 0.3) is 0 Å². The molecule has 0 fully saturated rings. The maximum absolute atomic E-state index is 12.8. The van der Waals surface area contributed by atoms with E-state index in [1.54, 1.807) is 60.7 Å². The molecule has 0 radical (unpaired) electrons. The number of hydrogen-bond donors (Lipinski definition) is 1. The highest BCUT2D eigenvalue weighted by Crippen LogP contribution is 2.25. The molecule has 0 aliphatic heterocycles. The number of nitrogens with one attached hydrogen (secondary N) is 1. The second-order valence-corrected chi connectivity index (χ2v) is 9.46. The summed E-state index contributed by atoms with van der Waals surface area (Å²) in [4.78, 5) is 12.3. The molecular weight excluding hydrogens is 436 g/mol. The molecule has 6 nitrogen and oxygen atoms in total. The number of rotatable bonds is 7. The maximum atomic E-state index is 12.8. The SMILES string of the molecule is Cc1ccc(S(=O)(=O)N(C)c2ccc(OCC(=O)Nc3ccc(C)c(Cl)c3)cc2)cc1. The monoisotopic (exact) mass is 458 g/mol. The van der Waals surface area contributed by atoms with Gasteiger partial charge in [0.05, 0.1) is 10.6 Å². The van der Waals surface area contributed by atoms with Gasteiger partial charge < -0.3 is 10.1 Å². The van der Waals surface area contributed by atoms with Crippen LogP contribution in [0.2, 0.25) is 5.02 Å². The molecule has 8 heteroatoms. The van der Waals surface area contributed by atoms with E-state index in [9.17, 15) is 13.2 Å². The van der Waals surface area contributed by atoms with Crippen LogP contribution in [0.3, 0.4) is 0 Å². The Labute approximate surface area is 187 Å². The third-order valence-corrected chi connectivity index (χ3v) is 6.91. The molecule has 31 heavy (non-hydrogen) atoms. The van der Waals surface area contributed by atoms with E-state index in [1.807, 2.05) is 19.9 Å². The van der Waals surface area contributed by atoms with Crippen LogP contribution in [0.5, 0.6) is 5.75 Å². The minimum atomic E-state index is -3.67. The number of aryl methyl sites for hydroxylation is 2. The highest BCUT2D eigenvalue weighted by Gasteiger charge is 2.21. The topological polar surface area (TPSA) is 75.7 Å². The number of hydrogen-bond acceptors (Lipinski definition) is 4. The van der Waals surface area contributed by atoms with Crippen molar-refractivity contribution in [2.24, 2.45) is 0 Å². The summed E-state index contributed by atoms with van der Waals surface area (Å²) < 4.78 is 32.3. The Morgan fingerprint density at radius 3 is 2.26 bits per heavy atom. The second kappa shape index (κ2) is 9.41. The van der Waals surface area contributed by atoms with E-state index in [2.05, 4.69) is 5.32 Å². The first-order valence-corrected chi connectivity index (χ1v) is 11.3. The lowest BCUT2D eigenvalue weighted by Gasteiger charge is -2.20. The van der Waals surface area contributed by atoms with Gasteiger partial charge in [0.15, 0.2) is 6.61 Å². The van der Waals surface area contributed by atoms with Crippen molar-refractivity contribution in [3.63, 3.8) is 0 Å². The van der Waals surface area contributed by atoms with Gasteiger partial charge in [0.2, 0.25) is 0 Å². The molecule has 0 heterocycles. The van der Waals surface area contributed by atoms with Gasteiger partial charge in [-0.25, -0.2) is 8.42 Å². The van der Waals surface area contributed by atoms with Crippen LogP contribution in [0, 0.1) is 13.8 Å². The number of sulfonamides is 1. The van der Waals surface area contributed by atoms with Gasteiger partial charge in [-0.1, -0.05) is 35.4 Å². The first kappa shape index (κ1) is 22.7. The molecule has 1 N–H and O–H groups in total. The molecule has 0 aliphatic carbocycles. The predicted molar refractivity (Wildman–Crippen MR) is 124 cm³/mol. The van der Waals surface area contributed by atoms with E-state index in [1.165, 1.54) is 11.4 Å². The molecule has 0 atom stereocenters. The van der Waals surface area contributed by atoms with E-state index >= 15 is 0 Å². The van der Waals surface area contributed by atoms with Gasteiger partial charge in [-0.3, -0.25) is 9.10 Å². The molecule has 0 saturated carbocycles. The lowest BCUT2D eigenvalue weighted by Crippen LogP contribution is -2.26. The van der Waals surface area contributed by atoms with Crippen molar-refractivity contribution in [1.82, 2.24) is 0 Å². The molecule has 3 rings (SSSR count). The summed E-state index contributed by atoms with van der Waals surface area (Å²) in [5, 5.41) is 3.28. The number of carbonyl (C=O) groups is 1. The van der Waals surface area contributed by atoms with Crippen molar-refractivity contribution in [2.45, 2.75) is 18.7 Å². The number of ether oxygens (including phenoxy) is 1. The Kier molecular flexibility index (Phi) is 6.87. The Morgan fingerprint density at radius 1 is 1.00 bits per heavy atom. The fraction of sp³-hybridized carbons (Fsp3) is 0.174. The van der Waals surface area contributed by atoms with E-state index in [-0.39, 0.29) is 17.4 Å². The quantitative estimate of drug-likeness (QED) is 0.551. The zero-order chi connectivity index (χ0) is 22.6. The van der Waals surface area contributed by atoms with Crippen molar-refractivity contribution in [3.8, 4) is 5.75 Å². The molecule has 162 valence electrons. The minimum Gasteiger partial charge on any atom is -0.484 e. The molecule has 0 unspecified atom stereocenters. The highest BCUT2D eigenvalue weighted by molar-refractivity contribution is 7.92. The fourth-order valence-corrected chi connectivity index (χ4v) is 4.15. The van der Waals surface area contributed by atoms with Crippen LogP contribution in [0.1, 0.15) is 11.1 Å². The fourth-order valence-electron chi connectivity index (χ4n) is 2.78. The summed E-state index contributed by atoms with van der Waals surface area (Å²) in [5.74, 6) is 0.116. The van der Waals surface area contributed by atoms with Crippen LogP contribution in [-0.4, -0.2) is 28.0 Å². The van der Waals surface area contributed by atoms with Crippen molar-refractivity contribution < 1.29 is 17.9 Å². The Balaban J connectivity index is 1.61. The van der Waals surface area contributed by atoms with E-state index in [0.29, 0.717) is 22.1 Å². The average Bonchev–Trinajstić information content (AvgIpc) is 2.75. The van der Waals surface area contributed by atoms with Crippen molar-refractivity contribution >= 4 is 38.9 Å². The van der Waals surface area contributed by atoms with Crippen LogP contribution in [-0.2, 0) is 14.8 Å². The molecule has 0 saturated heterocycles. The number of nitrogens with zero attached hydrogens (tertiary/aromatic N) is 1. The lowest BCUT2D eigenvalue weighted by molar-refractivity contribution is -0.118. The summed E-state index contributed by atoms with van der Waals surface area (Å²) in [6.45, 7) is 3.58. The number of carbonyl (C=O) groups excluding carboxylic acids is 1.